The summed E-state index contributed by atoms with van der Waals surface area (Å²) in [5.74, 6) is -0.566. The van der Waals surface area contributed by atoms with E-state index in [2.05, 4.69) is 4.74 Å². The van der Waals surface area contributed by atoms with Gasteiger partial charge in [-0.15, -0.1) is 0 Å². The summed E-state index contributed by atoms with van der Waals surface area (Å²) in [5, 5.41) is 26.7. The van der Waals surface area contributed by atoms with Crippen molar-refractivity contribution in [1.82, 2.24) is 4.90 Å². The Kier molecular flexibility index (Phi) is 6.06. The van der Waals surface area contributed by atoms with Crippen LogP contribution < -0.4 is 0 Å². The van der Waals surface area contributed by atoms with Crippen molar-refractivity contribution in [3.63, 3.8) is 0 Å². The molecule has 0 aromatic rings. The highest BCUT2D eigenvalue weighted by molar-refractivity contribution is 5.87. The Labute approximate surface area is 105 Å². The highest BCUT2D eigenvalue weighted by Gasteiger charge is 2.38. The average molecular weight is 261 g/mol. The molecule has 1 heterocycles. The lowest BCUT2D eigenvalue weighted by Crippen LogP contribution is -2.33. The summed E-state index contributed by atoms with van der Waals surface area (Å²) in [6.07, 6.45) is 0.914. The van der Waals surface area contributed by atoms with Crippen LogP contribution in [0.15, 0.2) is 11.8 Å². The van der Waals surface area contributed by atoms with Gasteiger partial charge in [-0.2, -0.15) is 0 Å². The molecule has 0 aromatic carbocycles. The Morgan fingerprint density at radius 1 is 1.33 bits per heavy atom. The summed E-state index contributed by atoms with van der Waals surface area (Å²) in [4.78, 5) is 13.2. The summed E-state index contributed by atoms with van der Waals surface area (Å²) in [6.45, 7) is -0.00178. The fraction of sp³-hybridized carbons (Fsp3) is 0.727. The van der Waals surface area contributed by atoms with Crippen LogP contribution in [0.2, 0.25) is 0 Å². The zero-order valence-electron chi connectivity index (χ0n) is 10.3. The maximum atomic E-state index is 11.6. The molecule has 1 aliphatic rings. The number of ether oxygens (including phenoxy) is 2. The standard InChI is InChI=1S/C11H19NO6/c1-17-11(16)8(6-9-10(7-15)18-9)12(2-4-13)3-5-14/h6,9-10,13-15H,2-5,7H2,1H3. The maximum Gasteiger partial charge on any atom is 0.354 e. The predicted molar refractivity (Wildman–Crippen MR) is 61.6 cm³/mol. The lowest BCUT2D eigenvalue weighted by Gasteiger charge is -2.24. The number of hydrogen-bond acceptors (Lipinski definition) is 7. The zero-order valence-corrected chi connectivity index (χ0v) is 10.3. The molecule has 0 aromatic heterocycles. The van der Waals surface area contributed by atoms with Gasteiger partial charge in [-0.05, 0) is 6.08 Å². The highest BCUT2D eigenvalue weighted by Crippen LogP contribution is 2.25. The van der Waals surface area contributed by atoms with Crippen LogP contribution in [0.4, 0.5) is 0 Å². The molecule has 0 bridgehead atoms. The second-order valence-corrected chi connectivity index (χ2v) is 3.80. The van der Waals surface area contributed by atoms with Gasteiger partial charge in [0.05, 0.1) is 26.9 Å². The molecule has 0 radical (unpaired) electrons. The van der Waals surface area contributed by atoms with Gasteiger partial charge in [-0.25, -0.2) is 4.79 Å². The van der Waals surface area contributed by atoms with E-state index in [1.807, 2.05) is 0 Å². The normalized spacial score (nSPS) is 22.8. The van der Waals surface area contributed by atoms with E-state index in [-0.39, 0.29) is 50.8 Å². The molecule has 2 atom stereocenters. The first kappa shape index (κ1) is 14.9. The van der Waals surface area contributed by atoms with E-state index in [1.54, 1.807) is 0 Å². The number of carbonyl (C=O) groups excluding carboxylic acids is 1. The number of carbonyl (C=O) groups is 1. The smallest absolute Gasteiger partial charge is 0.354 e. The monoisotopic (exact) mass is 261 g/mol. The van der Waals surface area contributed by atoms with E-state index in [4.69, 9.17) is 20.1 Å². The van der Waals surface area contributed by atoms with Crippen LogP contribution in [0.3, 0.4) is 0 Å². The van der Waals surface area contributed by atoms with Crippen molar-refractivity contribution in [1.29, 1.82) is 0 Å². The fourth-order valence-electron chi connectivity index (χ4n) is 1.61. The topological polar surface area (TPSA) is 103 Å². The second-order valence-electron chi connectivity index (χ2n) is 3.80. The summed E-state index contributed by atoms with van der Waals surface area (Å²) >= 11 is 0. The minimum Gasteiger partial charge on any atom is -0.464 e. The number of methoxy groups -OCH3 is 1. The molecule has 3 N–H and O–H groups in total. The molecular formula is C11H19NO6. The molecule has 1 aliphatic heterocycles. The Morgan fingerprint density at radius 3 is 2.33 bits per heavy atom. The quantitative estimate of drug-likeness (QED) is 0.266. The first-order valence-electron chi connectivity index (χ1n) is 5.71. The van der Waals surface area contributed by atoms with E-state index in [0.29, 0.717) is 0 Å². The van der Waals surface area contributed by atoms with Gasteiger partial charge in [0, 0.05) is 13.1 Å². The van der Waals surface area contributed by atoms with Crippen molar-refractivity contribution in [3.05, 3.63) is 11.8 Å². The van der Waals surface area contributed by atoms with Gasteiger partial charge in [0.25, 0.3) is 0 Å². The zero-order chi connectivity index (χ0) is 13.5. The molecule has 7 heteroatoms. The Morgan fingerprint density at radius 2 is 1.94 bits per heavy atom. The lowest BCUT2D eigenvalue weighted by atomic mass is 10.2. The van der Waals surface area contributed by atoms with Gasteiger partial charge in [0.1, 0.15) is 17.9 Å². The molecule has 104 valence electrons. The maximum absolute atomic E-state index is 11.6. The number of aliphatic hydroxyl groups excluding tert-OH is 3. The lowest BCUT2D eigenvalue weighted by molar-refractivity contribution is -0.138. The van der Waals surface area contributed by atoms with Crippen LogP contribution in [-0.4, -0.2) is 78.4 Å². The molecule has 0 amide bonds. The van der Waals surface area contributed by atoms with E-state index in [1.165, 1.54) is 18.1 Å². The van der Waals surface area contributed by atoms with Gasteiger partial charge in [0.15, 0.2) is 0 Å². The van der Waals surface area contributed by atoms with Crippen LogP contribution in [0.1, 0.15) is 0 Å². The molecule has 0 saturated carbocycles. The number of hydrogen-bond donors (Lipinski definition) is 3. The van der Waals surface area contributed by atoms with E-state index >= 15 is 0 Å². The highest BCUT2D eigenvalue weighted by atomic mass is 16.6. The minimum absolute atomic E-state index is 0.115. The van der Waals surface area contributed by atoms with Crippen molar-refractivity contribution >= 4 is 5.97 Å². The van der Waals surface area contributed by atoms with Crippen LogP contribution in [0.25, 0.3) is 0 Å². The molecule has 1 fully saturated rings. The minimum atomic E-state index is -0.566. The van der Waals surface area contributed by atoms with Gasteiger partial charge in [-0.1, -0.05) is 0 Å². The van der Waals surface area contributed by atoms with Gasteiger partial charge < -0.3 is 29.7 Å². The summed E-state index contributed by atoms with van der Waals surface area (Å²) in [6, 6.07) is 0. The van der Waals surface area contributed by atoms with Crippen molar-refractivity contribution in [2.75, 3.05) is 40.0 Å². The van der Waals surface area contributed by atoms with E-state index in [0.717, 1.165) is 0 Å². The van der Waals surface area contributed by atoms with E-state index in [9.17, 15) is 4.79 Å². The molecule has 2 unspecified atom stereocenters. The molecule has 18 heavy (non-hydrogen) atoms. The van der Waals surface area contributed by atoms with Crippen molar-refractivity contribution in [3.8, 4) is 0 Å². The third kappa shape index (κ3) is 3.95. The predicted octanol–water partition coefficient (Wildman–Crippen LogP) is -1.91. The third-order valence-corrected chi connectivity index (χ3v) is 2.60. The van der Waals surface area contributed by atoms with Crippen LogP contribution in [-0.2, 0) is 14.3 Å². The summed E-state index contributed by atoms with van der Waals surface area (Å²) < 4.78 is 9.77. The first-order valence-corrected chi connectivity index (χ1v) is 5.71. The third-order valence-electron chi connectivity index (χ3n) is 2.60. The number of epoxide rings is 1. The Balaban J connectivity index is 2.78. The summed E-state index contributed by atoms with van der Waals surface area (Å²) in [5.41, 5.74) is 0.224. The van der Waals surface area contributed by atoms with Gasteiger partial charge in [-0.3, -0.25) is 0 Å². The molecule has 0 spiro atoms. The van der Waals surface area contributed by atoms with Crippen LogP contribution >= 0.6 is 0 Å². The van der Waals surface area contributed by atoms with Crippen molar-refractivity contribution in [2.24, 2.45) is 0 Å². The molecule has 1 rings (SSSR count). The SMILES string of the molecule is COC(=O)C(=CC1OC1CO)N(CCO)CCO. The fourth-order valence-corrected chi connectivity index (χ4v) is 1.61. The average Bonchev–Trinajstić information content (AvgIpc) is 3.13. The Bertz CT molecular complexity index is 300. The van der Waals surface area contributed by atoms with Gasteiger partial charge >= 0.3 is 5.97 Å². The first-order chi connectivity index (χ1) is 8.67. The summed E-state index contributed by atoms with van der Waals surface area (Å²) in [7, 11) is 1.25. The Hall–Kier alpha value is -1.15. The largest absolute Gasteiger partial charge is 0.464 e. The molecule has 0 aliphatic carbocycles. The molecule has 7 nitrogen and oxygen atoms in total. The number of rotatable bonds is 8. The van der Waals surface area contributed by atoms with Crippen molar-refractivity contribution in [2.45, 2.75) is 12.2 Å². The number of esters is 1. The van der Waals surface area contributed by atoms with Crippen molar-refractivity contribution < 1.29 is 29.6 Å². The van der Waals surface area contributed by atoms with Crippen LogP contribution in [0.5, 0.6) is 0 Å². The number of aliphatic hydroxyl groups is 3. The van der Waals surface area contributed by atoms with E-state index < -0.39 is 5.97 Å². The van der Waals surface area contributed by atoms with Crippen LogP contribution in [0, 0.1) is 0 Å². The number of nitrogens with zero attached hydrogens (tertiary/aromatic N) is 1. The second kappa shape index (κ2) is 7.32. The molecule has 1 saturated heterocycles. The molecular weight excluding hydrogens is 242 g/mol. The van der Waals surface area contributed by atoms with Gasteiger partial charge in [0.2, 0.25) is 0 Å².